The lowest BCUT2D eigenvalue weighted by atomic mass is 10.1. The standard InChI is InChI=1S/C12H13ClF2N2O/c1-5-9(14)8(13)10(15)12(11(5)16)17(6(2)18)7-3-4-7/h7H,3-4,16H2,1-2H3. The lowest BCUT2D eigenvalue weighted by Crippen LogP contribution is -2.32. The average molecular weight is 275 g/mol. The van der Waals surface area contributed by atoms with Crippen LogP contribution >= 0.6 is 11.6 Å². The maximum Gasteiger partial charge on any atom is 0.224 e. The molecule has 1 amide bonds. The molecular formula is C12H13ClF2N2O. The molecule has 1 aromatic rings. The molecule has 3 nitrogen and oxygen atoms in total. The van der Waals surface area contributed by atoms with Gasteiger partial charge in [0.15, 0.2) is 5.82 Å². The molecule has 18 heavy (non-hydrogen) atoms. The molecule has 0 saturated heterocycles. The van der Waals surface area contributed by atoms with Gasteiger partial charge in [-0.2, -0.15) is 0 Å². The van der Waals surface area contributed by atoms with E-state index in [1.807, 2.05) is 0 Å². The Morgan fingerprint density at radius 1 is 1.39 bits per heavy atom. The van der Waals surface area contributed by atoms with E-state index in [1.165, 1.54) is 18.7 Å². The van der Waals surface area contributed by atoms with Crippen LogP contribution in [0.3, 0.4) is 0 Å². The van der Waals surface area contributed by atoms with Crippen molar-refractivity contribution in [1.29, 1.82) is 0 Å². The molecule has 1 aliphatic rings. The predicted molar refractivity (Wildman–Crippen MR) is 66.7 cm³/mol. The molecule has 2 rings (SSSR count). The molecule has 98 valence electrons. The Bertz CT molecular complexity index is 500. The van der Waals surface area contributed by atoms with Gasteiger partial charge < -0.3 is 10.6 Å². The van der Waals surface area contributed by atoms with Gasteiger partial charge in [0.25, 0.3) is 0 Å². The summed E-state index contributed by atoms with van der Waals surface area (Å²) in [6, 6.07) is -0.0692. The number of carbonyl (C=O) groups excluding carboxylic acids is 1. The molecule has 1 aliphatic carbocycles. The van der Waals surface area contributed by atoms with Crippen LogP contribution in [0.4, 0.5) is 20.2 Å². The normalized spacial score (nSPS) is 14.7. The Morgan fingerprint density at radius 2 is 1.94 bits per heavy atom. The SMILES string of the molecule is CC(=O)N(c1c(N)c(C)c(F)c(Cl)c1F)C1CC1. The van der Waals surface area contributed by atoms with Crippen LogP contribution in [0.5, 0.6) is 0 Å². The summed E-state index contributed by atoms with van der Waals surface area (Å²) in [4.78, 5) is 12.9. The maximum atomic E-state index is 14.1. The van der Waals surface area contributed by atoms with Crippen molar-refractivity contribution in [3.8, 4) is 0 Å². The molecule has 1 fully saturated rings. The van der Waals surface area contributed by atoms with E-state index in [1.54, 1.807) is 0 Å². The number of nitrogens with two attached hydrogens (primary N) is 1. The monoisotopic (exact) mass is 274 g/mol. The molecule has 0 aliphatic heterocycles. The topological polar surface area (TPSA) is 46.3 Å². The summed E-state index contributed by atoms with van der Waals surface area (Å²) >= 11 is 5.59. The van der Waals surface area contributed by atoms with E-state index >= 15 is 0 Å². The van der Waals surface area contributed by atoms with E-state index in [0.29, 0.717) is 0 Å². The first-order valence-corrected chi connectivity index (χ1v) is 5.96. The number of rotatable bonds is 2. The van der Waals surface area contributed by atoms with Crippen LogP contribution in [0.25, 0.3) is 0 Å². The molecule has 0 aromatic heterocycles. The molecule has 0 unspecified atom stereocenters. The zero-order chi connectivity index (χ0) is 13.6. The third-order valence-electron chi connectivity index (χ3n) is 3.07. The molecule has 1 saturated carbocycles. The highest BCUT2D eigenvalue weighted by Crippen LogP contribution is 2.41. The number of nitrogens with zero attached hydrogens (tertiary/aromatic N) is 1. The summed E-state index contributed by atoms with van der Waals surface area (Å²) in [6.07, 6.45) is 1.57. The van der Waals surface area contributed by atoms with Crippen LogP contribution in [-0.4, -0.2) is 11.9 Å². The highest BCUT2D eigenvalue weighted by molar-refractivity contribution is 6.31. The van der Waals surface area contributed by atoms with Gasteiger partial charge in [-0.15, -0.1) is 0 Å². The van der Waals surface area contributed by atoms with Gasteiger partial charge in [-0.25, -0.2) is 8.78 Å². The number of anilines is 2. The third-order valence-corrected chi connectivity index (χ3v) is 3.41. The lowest BCUT2D eigenvalue weighted by Gasteiger charge is -2.24. The van der Waals surface area contributed by atoms with Gasteiger partial charge in [0, 0.05) is 18.5 Å². The van der Waals surface area contributed by atoms with Crippen molar-refractivity contribution in [2.75, 3.05) is 10.6 Å². The molecule has 0 atom stereocenters. The van der Waals surface area contributed by atoms with E-state index in [-0.39, 0.29) is 28.9 Å². The van der Waals surface area contributed by atoms with Crippen molar-refractivity contribution < 1.29 is 13.6 Å². The first-order valence-electron chi connectivity index (χ1n) is 5.58. The highest BCUT2D eigenvalue weighted by Gasteiger charge is 2.36. The second-order valence-electron chi connectivity index (χ2n) is 4.45. The molecule has 0 bridgehead atoms. The second kappa shape index (κ2) is 4.39. The van der Waals surface area contributed by atoms with Crippen molar-refractivity contribution in [1.82, 2.24) is 0 Å². The van der Waals surface area contributed by atoms with Crippen LogP contribution in [0.2, 0.25) is 5.02 Å². The number of hydrogen-bond acceptors (Lipinski definition) is 2. The van der Waals surface area contributed by atoms with Crippen molar-refractivity contribution in [2.45, 2.75) is 32.7 Å². The maximum absolute atomic E-state index is 14.1. The fourth-order valence-corrected chi connectivity index (χ4v) is 2.18. The fourth-order valence-electron chi connectivity index (χ4n) is 1.94. The fraction of sp³-hybridized carbons (Fsp3) is 0.417. The summed E-state index contributed by atoms with van der Waals surface area (Å²) in [5, 5.41) is -0.622. The van der Waals surface area contributed by atoms with Gasteiger partial charge in [0.2, 0.25) is 5.91 Å². The molecular weight excluding hydrogens is 262 g/mol. The smallest absolute Gasteiger partial charge is 0.224 e. The number of nitrogen functional groups attached to an aromatic ring is 1. The van der Waals surface area contributed by atoms with Crippen molar-refractivity contribution in [3.63, 3.8) is 0 Å². The van der Waals surface area contributed by atoms with Crippen LogP contribution < -0.4 is 10.6 Å². The lowest BCUT2D eigenvalue weighted by molar-refractivity contribution is -0.116. The van der Waals surface area contributed by atoms with Crippen LogP contribution in [0.15, 0.2) is 0 Å². The summed E-state index contributed by atoms with van der Waals surface area (Å²) in [6.45, 7) is 2.73. The number of halogens is 3. The summed E-state index contributed by atoms with van der Waals surface area (Å²) < 4.78 is 27.6. The number of amides is 1. The highest BCUT2D eigenvalue weighted by atomic mass is 35.5. The van der Waals surface area contributed by atoms with E-state index in [4.69, 9.17) is 17.3 Å². The predicted octanol–water partition coefficient (Wildman–Crippen LogP) is 3.02. The summed E-state index contributed by atoms with van der Waals surface area (Å²) in [5.41, 5.74) is 5.61. The Labute approximate surface area is 109 Å². The van der Waals surface area contributed by atoms with Gasteiger partial charge in [-0.3, -0.25) is 4.79 Å². The largest absolute Gasteiger partial charge is 0.397 e. The molecule has 0 spiro atoms. The Hall–Kier alpha value is -1.36. The molecule has 0 radical (unpaired) electrons. The Morgan fingerprint density at radius 3 is 2.39 bits per heavy atom. The Balaban J connectivity index is 2.66. The van der Waals surface area contributed by atoms with Gasteiger partial charge in [-0.1, -0.05) is 11.6 Å². The molecule has 2 N–H and O–H groups in total. The summed E-state index contributed by atoms with van der Waals surface area (Å²) in [7, 11) is 0. The molecule has 0 heterocycles. The zero-order valence-electron chi connectivity index (χ0n) is 10.1. The van der Waals surface area contributed by atoms with E-state index in [0.717, 1.165) is 12.8 Å². The average Bonchev–Trinajstić information content (AvgIpc) is 3.13. The van der Waals surface area contributed by atoms with Crippen molar-refractivity contribution >= 4 is 28.9 Å². The first kappa shape index (κ1) is 13.1. The molecule has 1 aromatic carbocycles. The van der Waals surface area contributed by atoms with Crippen LogP contribution in [0, 0.1) is 18.6 Å². The number of benzene rings is 1. The van der Waals surface area contributed by atoms with Gasteiger partial charge in [0.1, 0.15) is 16.5 Å². The minimum absolute atomic E-state index is 0.0586. The molecule has 6 heteroatoms. The van der Waals surface area contributed by atoms with E-state index in [9.17, 15) is 13.6 Å². The minimum atomic E-state index is -0.973. The third kappa shape index (κ3) is 1.92. The van der Waals surface area contributed by atoms with Gasteiger partial charge in [0.05, 0.1) is 5.69 Å². The van der Waals surface area contributed by atoms with Crippen LogP contribution in [-0.2, 0) is 4.79 Å². The van der Waals surface area contributed by atoms with Crippen molar-refractivity contribution in [2.24, 2.45) is 0 Å². The van der Waals surface area contributed by atoms with Crippen molar-refractivity contribution in [3.05, 3.63) is 22.2 Å². The van der Waals surface area contributed by atoms with E-state index in [2.05, 4.69) is 0 Å². The quantitative estimate of drug-likeness (QED) is 0.666. The summed E-state index contributed by atoms with van der Waals surface area (Å²) in [5.74, 6) is -2.18. The minimum Gasteiger partial charge on any atom is -0.397 e. The first-order chi connectivity index (χ1) is 8.36. The van der Waals surface area contributed by atoms with Gasteiger partial charge >= 0.3 is 0 Å². The number of hydrogen-bond donors (Lipinski definition) is 1. The zero-order valence-corrected chi connectivity index (χ0v) is 10.8. The van der Waals surface area contributed by atoms with E-state index < -0.39 is 16.7 Å². The van der Waals surface area contributed by atoms with Crippen LogP contribution in [0.1, 0.15) is 25.3 Å². The van der Waals surface area contributed by atoms with Gasteiger partial charge in [-0.05, 0) is 19.8 Å². The second-order valence-corrected chi connectivity index (χ2v) is 4.83. The Kier molecular flexibility index (Phi) is 3.19. The number of carbonyl (C=O) groups is 1.